The SMILES string of the molecule is NCc1ccc(NC(=O)Cn2c(=O)n(S(=O)(=O)c3ccc(Cl)cc3)c(=O)c3ccc(Cl)cc32)cc1. The Labute approximate surface area is 209 Å². The largest absolute Gasteiger partial charge is 0.346 e. The summed E-state index contributed by atoms with van der Waals surface area (Å²) in [7, 11) is -4.61. The maximum absolute atomic E-state index is 13.4. The van der Waals surface area contributed by atoms with Crippen LogP contribution in [0.1, 0.15) is 5.56 Å². The molecule has 0 bridgehead atoms. The zero-order valence-electron chi connectivity index (χ0n) is 17.9. The number of amides is 1. The maximum Gasteiger partial charge on any atom is 0.346 e. The molecule has 0 aliphatic heterocycles. The van der Waals surface area contributed by atoms with Crippen molar-refractivity contribution in [2.45, 2.75) is 18.0 Å². The van der Waals surface area contributed by atoms with Crippen molar-refractivity contribution < 1.29 is 13.2 Å². The first-order valence-corrected chi connectivity index (χ1v) is 12.4. The molecule has 9 nitrogen and oxygen atoms in total. The standard InChI is InChI=1S/C23H18Cl2N4O5S/c24-15-3-8-18(9-4-15)35(33,34)29-22(31)19-10-5-16(25)11-20(19)28(23(29)32)13-21(30)27-17-6-1-14(12-26)2-7-17/h1-11H,12-13,26H2,(H,27,30). The number of hydrogen-bond donors (Lipinski definition) is 2. The van der Waals surface area contributed by atoms with Crippen molar-refractivity contribution in [3.05, 3.63) is 103 Å². The summed E-state index contributed by atoms with van der Waals surface area (Å²) in [5.74, 6) is -0.622. The Morgan fingerprint density at radius 3 is 2.17 bits per heavy atom. The number of fused-ring (bicyclic) bond motifs is 1. The van der Waals surface area contributed by atoms with Gasteiger partial charge in [0.05, 0.1) is 15.8 Å². The predicted octanol–water partition coefficient (Wildman–Crippen LogP) is 2.80. The number of halogens is 2. The molecule has 1 amide bonds. The minimum Gasteiger partial charge on any atom is -0.326 e. The van der Waals surface area contributed by atoms with Gasteiger partial charge in [0, 0.05) is 22.3 Å². The second kappa shape index (κ2) is 9.67. The van der Waals surface area contributed by atoms with Gasteiger partial charge in [0.25, 0.3) is 15.6 Å². The van der Waals surface area contributed by atoms with Gasteiger partial charge in [0.2, 0.25) is 5.91 Å². The number of hydrogen-bond acceptors (Lipinski definition) is 6. The lowest BCUT2D eigenvalue weighted by molar-refractivity contribution is -0.116. The van der Waals surface area contributed by atoms with Gasteiger partial charge in [-0.25, -0.2) is 13.2 Å². The van der Waals surface area contributed by atoms with Gasteiger partial charge in [0.15, 0.2) is 0 Å². The summed E-state index contributed by atoms with van der Waals surface area (Å²) < 4.78 is 27.5. The summed E-state index contributed by atoms with van der Waals surface area (Å²) in [5.41, 5.74) is 4.62. The first-order valence-electron chi connectivity index (χ1n) is 10.2. The molecule has 0 aliphatic rings. The second-order valence-corrected chi connectivity index (χ2v) is 10.2. The third-order valence-electron chi connectivity index (χ3n) is 5.20. The van der Waals surface area contributed by atoms with Crippen LogP contribution in [-0.2, 0) is 27.9 Å². The smallest absolute Gasteiger partial charge is 0.326 e. The van der Waals surface area contributed by atoms with E-state index in [1.807, 2.05) is 0 Å². The first kappa shape index (κ1) is 24.7. The lowest BCUT2D eigenvalue weighted by Gasteiger charge is -2.15. The van der Waals surface area contributed by atoms with Gasteiger partial charge < -0.3 is 11.1 Å². The van der Waals surface area contributed by atoms with Crippen LogP contribution < -0.4 is 22.3 Å². The van der Waals surface area contributed by atoms with Crippen molar-refractivity contribution >= 4 is 55.7 Å². The van der Waals surface area contributed by atoms with Crippen molar-refractivity contribution in [1.29, 1.82) is 0 Å². The molecule has 4 aromatic rings. The molecule has 180 valence electrons. The molecule has 1 heterocycles. The van der Waals surface area contributed by atoms with Crippen molar-refractivity contribution in [2.24, 2.45) is 5.73 Å². The highest BCUT2D eigenvalue weighted by Crippen LogP contribution is 2.19. The highest BCUT2D eigenvalue weighted by molar-refractivity contribution is 7.90. The molecule has 0 saturated heterocycles. The lowest BCUT2D eigenvalue weighted by atomic mass is 10.2. The number of carbonyl (C=O) groups is 1. The van der Waals surface area contributed by atoms with Gasteiger partial charge in [-0.3, -0.25) is 14.2 Å². The number of nitrogens with two attached hydrogens (primary N) is 1. The Morgan fingerprint density at radius 1 is 0.914 bits per heavy atom. The highest BCUT2D eigenvalue weighted by Gasteiger charge is 2.26. The molecule has 0 atom stereocenters. The molecule has 4 rings (SSSR count). The minimum atomic E-state index is -4.61. The van der Waals surface area contributed by atoms with Crippen LogP contribution in [0.25, 0.3) is 10.9 Å². The zero-order valence-corrected chi connectivity index (χ0v) is 20.3. The van der Waals surface area contributed by atoms with Gasteiger partial charge in [-0.15, -0.1) is 3.97 Å². The van der Waals surface area contributed by atoms with Crippen molar-refractivity contribution in [1.82, 2.24) is 8.54 Å². The number of anilines is 1. The Bertz CT molecular complexity index is 1660. The fourth-order valence-electron chi connectivity index (χ4n) is 3.46. The van der Waals surface area contributed by atoms with Crippen LogP contribution in [-0.4, -0.2) is 22.9 Å². The number of carbonyl (C=O) groups excluding carboxylic acids is 1. The van der Waals surface area contributed by atoms with Crippen LogP contribution in [0.5, 0.6) is 0 Å². The molecule has 1 aromatic heterocycles. The minimum absolute atomic E-state index is 0.0173. The van der Waals surface area contributed by atoms with E-state index in [4.69, 9.17) is 28.9 Å². The van der Waals surface area contributed by atoms with Crippen LogP contribution >= 0.6 is 23.2 Å². The molecule has 0 fully saturated rings. The van der Waals surface area contributed by atoms with E-state index in [1.54, 1.807) is 24.3 Å². The number of rotatable bonds is 6. The molecule has 0 aliphatic carbocycles. The molecular weight excluding hydrogens is 515 g/mol. The topological polar surface area (TPSA) is 133 Å². The maximum atomic E-state index is 13.4. The molecule has 35 heavy (non-hydrogen) atoms. The average Bonchev–Trinajstić information content (AvgIpc) is 2.82. The highest BCUT2D eigenvalue weighted by atomic mass is 35.5. The van der Waals surface area contributed by atoms with Crippen LogP contribution in [0.4, 0.5) is 5.69 Å². The van der Waals surface area contributed by atoms with Crippen LogP contribution in [0.2, 0.25) is 10.0 Å². The molecule has 0 saturated carbocycles. The van der Waals surface area contributed by atoms with E-state index in [0.717, 1.165) is 10.1 Å². The summed E-state index contributed by atoms with van der Waals surface area (Å²) >= 11 is 11.9. The predicted molar refractivity (Wildman–Crippen MR) is 134 cm³/mol. The molecular formula is C23H18Cl2N4O5S. The zero-order chi connectivity index (χ0) is 25.3. The van der Waals surface area contributed by atoms with Gasteiger partial charge in [-0.1, -0.05) is 35.3 Å². The van der Waals surface area contributed by atoms with Gasteiger partial charge in [-0.05, 0) is 60.2 Å². The number of benzene rings is 3. The summed E-state index contributed by atoms with van der Waals surface area (Å²) in [6, 6.07) is 15.8. The fraction of sp³-hybridized carbons (Fsp3) is 0.0870. The van der Waals surface area contributed by atoms with Gasteiger partial charge >= 0.3 is 5.69 Å². The molecule has 3 N–H and O–H groups in total. The van der Waals surface area contributed by atoms with E-state index in [-0.39, 0.29) is 29.8 Å². The summed E-state index contributed by atoms with van der Waals surface area (Å²) in [4.78, 5) is 39.0. The Hall–Kier alpha value is -3.44. The molecule has 0 unspecified atom stereocenters. The Balaban J connectivity index is 1.85. The number of nitrogens with one attached hydrogen (secondary N) is 1. The van der Waals surface area contributed by atoms with Crippen molar-refractivity contribution in [3.63, 3.8) is 0 Å². The fourth-order valence-corrected chi connectivity index (χ4v) is 5.07. The van der Waals surface area contributed by atoms with E-state index in [1.165, 1.54) is 42.5 Å². The van der Waals surface area contributed by atoms with Crippen molar-refractivity contribution in [3.8, 4) is 0 Å². The van der Waals surface area contributed by atoms with E-state index in [2.05, 4.69) is 5.32 Å². The van der Waals surface area contributed by atoms with Gasteiger partial charge in [0.1, 0.15) is 6.54 Å². The molecule has 3 aromatic carbocycles. The van der Waals surface area contributed by atoms with E-state index >= 15 is 0 Å². The molecule has 0 radical (unpaired) electrons. The van der Waals surface area contributed by atoms with Crippen molar-refractivity contribution in [2.75, 3.05) is 5.32 Å². The van der Waals surface area contributed by atoms with E-state index < -0.39 is 33.7 Å². The number of nitrogens with zero attached hydrogens (tertiary/aromatic N) is 2. The summed E-state index contributed by atoms with van der Waals surface area (Å²) in [6.07, 6.45) is 0. The van der Waals surface area contributed by atoms with Crippen LogP contribution in [0, 0.1) is 0 Å². The average molecular weight is 533 g/mol. The van der Waals surface area contributed by atoms with Gasteiger partial charge in [-0.2, -0.15) is 0 Å². The molecule has 0 spiro atoms. The van der Waals surface area contributed by atoms with E-state index in [9.17, 15) is 22.8 Å². The third-order valence-corrected chi connectivity index (χ3v) is 7.35. The normalized spacial score (nSPS) is 11.5. The Kier molecular flexibility index (Phi) is 6.82. The van der Waals surface area contributed by atoms with Crippen LogP contribution in [0.15, 0.2) is 81.2 Å². The lowest BCUT2D eigenvalue weighted by Crippen LogP contribution is -2.45. The van der Waals surface area contributed by atoms with E-state index in [0.29, 0.717) is 12.2 Å². The quantitative estimate of drug-likeness (QED) is 0.392. The first-order chi connectivity index (χ1) is 16.6. The second-order valence-electron chi connectivity index (χ2n) is 7.51. The molecule has 12 heteroatoms. The summed E-state index contributed by atoms with van der Waals surface area (Å²) in [5, 5.41) is 3.00. The Morgan fingerprint density at radius 2 is 1.54 bits per heavy atom. The number of aromatic nitrogens is 2. The monoisotopic (exact) mass is 532 g/mol. The summed E-state index contributed by atoms with van der Waals surface area (Å²) in [6.45, 7) is -0.245. The third kappa shape index (κ3) is 4.87. The van der Waals surface area contributed by atoms with Crippen LogP contribution in [0.3, 0.4) is 0 Å².